The fraction of sp³-hybridized carbons (Fsp3) is 0.154. The van der Waals surface area contributed by atoms with E-state index in [0.29, 0.717) is 22.7 Å². The highest BCUT2D eigenvalue weighted by Gasteiger charge is 2.17. The number of anilines is 1. The number of para-hydroxylation sites is 1. The molecule has 0 spiro atoms. The third-order valence-electron chi connectivity index (χ3n) is 5.46. The van der Waals surface area contributed by atoms with Crippen molar-refractivity contribution in [1.82, 2.24) is 20.0 Å². The van der Waals surface area contributed by atoms with E-state index in [1.54, 1.807) is 17.0 Å². The van der Waals surface area contributed by atoms with Crippen molar-refractivity contribution in [3.8, 4) is 28.4 Å². The molecule has 5 rings (SSSR count). The lowest BCUT2D eigenvalue weighted by atomic mass is 10.1. The number of aryl methyl sites for hydroxylation is 2. The van der Waals surface area contributed by atoms with Gasteiger partial charge in [0.05, 0.1) is 29.0 Å². The second kappa shape index (κ2) is 10.0. The van der Waals surface area contributed by atoms with Gasteiger partial charge < -0.3 is 14.2 Å². The molecule has 0 saturated heterocycles. The zero-order valence-corrected chi connectivity index (χ0v) is 20.1. The van der Waals surface area contributed by atoms with Gasteiger partial charge >= 0.3 is 0 Å². The van der Waals surface area contributed by atoms with Crippen molar-refractivity contribution < 1.29 is 13.6 Å². The molecule has 8 nitrogen and oxygen atoms in total. The zero-order chi connectivity index (χ0) is 24.2. The lowest BCUT2D eigenvalue weighted by Gasteiger charge is -2.08. The predicted octanol–water partition coefficient (Wildman–Crippen LogP) is 5.78. The quantitative estimate of drug-likeness (QED) is 0.278. The molecule has 0 saturated carbocycles. The van der Waals surface area contributed by atoms with Gasteiger partial charge in [-0.3, -0.25) is 4.79 Å². The van der Waals surface area contributed by atoms with Gasteiger partial charge in [0.25, 0.3) is 11.1 Å². The fourth-order valence-electron chi connectivity index (χ4n) is 3.58. The normalized spacial score (nSPS) is 11.0. The number of carbonyl (C=O) groups is 1. The number of thioether (sulfide) groups is 1. The van der Waals surface area contributed by atoms with Crippen LogP contribution in [0, 0.1) is 6.92 Å². The SMILES string of the molecule is CCc1ccc(-c2cc(NC(=O)CSc3nnc(-c4ccoc4C)o3)n(-c3ccccc3)n2)cc1. The summed E-state index contributed by atoms with van der Waals surface area (Å²) in [6, 6.07) is 21.6. The molecule has 0 aliphatic heterocycles. The standard InChI is InChI=1S/C26H23N5O3S/c1-3-18-9-11-19(12-10-18)22-15-23(31(30-22)20-7-5-4-6-8-20)27-24(32)16-35-26-29-28-25(34-26)21-13-14-33-17(21)2/h4-15H,3,16H2,1-2H3,(H,27,32). The maximum atomic E-state index is 12.8. The first-order valence-corrected chi connectivity index (χ1v) is 12.1. The van der Waals surface area contributed by atoms with Crippen molar-refractivity contribution in [3.63, 3.8) is 0 Å². The first kappa shape index (κ1) is 22.7. The zero-order valence-electron chi connectivity index (χ0n) is 19.3. The summed E-state index contributed by atoms with van der Waals surface area (Å²) in [4.78, 5) is 12.8. The molecule has 0 fully saturated rings. The summed E-state index contributed by atoms with van der Waals surface area (Å²) in [6.45, 7) is 3.94. The lowest BCUT2D eigenvalue weighted by molar-refractivity contribution is -0.113. The van der Waals surface area contributed by atoms with E-state index >= 15 is 0 Å². The summed E-state index contributed by atoms with van der Waals surface area (Å²) in [5, 5.41) is 16.1. The number of aromatic nitrogens is 4. The van der Waals surface area contributed by atoms with Gasteiger partial charge in [-0.25, -0.2) is 4.68 Å². The predicted molar refractivity (Wildman–Crippen MR) is 134 cm³/mol. The molecule has 0 aliphatic carbocycles. The number of nitrogens with zero attached hydrogens (tertiary/aromatic N) is 4. The van der Waals surface area contributed by atoms with Crippen LogP contribution in [-0.4, -0.2) is 31.6 Å². The Kier molecular flexibility index (Phi) is 6.49. The molecule has 3 aromatic heterocycles. The summed E-state index contributed by atoms with van der Waals surface area (Å²) in [6.07, 6.45) is 2.54. The molecule has 5 aromatic rings. The smallest absolute Gasteiger partial charge is 0.277 e. The van der Waals surface area contributed by atoms with Crippen LogP contribution >= 0.6 is 11.8 Å². The number of rotatable bonds is 8. The van der Waals surface area contributed by atoms with E-state index in [-0.39, 0.29) is 11.7 Å². The average molecular weight is 486 g/mol. The molecule has 0 radical (unpaired) electrons. The van der Waals surface area contributed by atoms with Crippen molar-refractivity contribution in [2.75, 3.05) is 11.1 Å². The van der Waals surface area contributed by atoms with E-state index in [1.807, 2.05) is 55.5 Å². The Morgan fingerprint density at radius 3 is 2.57 bits per heavy atom. The van der Waals surface area contributed by atoms with E-state index < -0.39 is 0 Å². The molecule has 0 atom stereocenters. The number of carbonyl (C=O) groups excluding carboxylic acids is 1. The summed E-state index contributed by atoms with van der Waals surface area (Å²) in [5.74, 6) is 1.53. The van der Waals surface area contributed by atoms with Crippen LogP contribution in [-0.2, 0) is 11.2 Å². The molecular formula is C26H23N5O3S. The highest BCUT2D eigenvalue weighted by molar-refractivity contribution is 7.99. The van der Waals surface area contributed by atoms with Crippen molar-refractivity contribution in [2.45, 2.75) is 25.5 Å². The lowest BCUT2D eigenvalue weighted by Crippen LogP contribution is -2.16. The Morgan fingerprint density at radius 2 is 1.86 bits per heavy atom. The number of benzene rings is 2. The maximum Gasteiger partial charge on any atom is 0.277 e. The second-order valence-corrected chi connectivity index (χ2v) is 8.74. The summed E-state index contributed by atoms with van der Waals surface area (Å²) >= 11 is 1.17. The molecule has 2 aromatic carbocycles. The molecule has 9 heteroatoms. The third-order valence-corrected chi connectivity index (χ3v) is 6.28. The Balaban J connectivity index is 1.33. The van der Waals surface area contributed by atoms with Crippen LogP contribution < -0.4 is 5.32 Å². The number of hydrogen-bond donors (Lipinski definition) is 1. The molecule has 0 bridgehead atoms. The number of nitrogens with one attached hydrogen (secondary N) is 1. The Labute approximate surface area is 206 Å². The van der Waals surface area contributed by atoms with Gasteiger partial charge in [0.1, 0.15) is 11.6 Å². The third kappa shape index (κ3) is 5.04. The molecule has 0 aliphatic rings. The monoisotopic (exact) mass is 485 g/mol. The van der Waals surface area contributed by atoms with Gasteiger partial charge in [-0.1, -0.05) is 61.2 Å². The van der Waals surface area contributed by atoms with Crippen molar-refractivity contribution in [3.05, 3.63) is 84.3 Å². The molecule has 176 valence electrons. The Bertz CT molecular complexity index is 1440. The van der Waals surface area contributed by atoms with Crippen molar-refractivity contribution in [1.29, 1.82) is 0 Å². The molecule has 35 heavy (non-hydrogen) atoms. The fourth-order valence-corrected chi connectivity index (χ4v) is 4.14. The van der Waals surface area contributed by atoms with Crippen LogP contribution in [0.4, 0.5) is 5.82 Å². The molecule has 0 unspecified atom stereocenters. The van der Waals surface area contributed by atoms with Gasteiger partial charge in [0.15, 0.2) is 0 Å². The van der Waals surface area contributed by atoms with Gasteiger partial charge in [-0.15, -0.1) is 10.2 Å². The summed E-state index contributed by atoms with van der Waals surface area (Å²) in [5.41, 5.74) is 4.60. The number of amides is 1. The first-order valence-electron chi connectivity index (χ1n) is 11.2. The van der Waals surface area contributed by atoms with E-state index in [9.17, 15) is 4.79 Å². The number of furan rings is 1. The van der Waals surface area contributed by atoms with Gasteiger partial charge in [0.2, 0.25) is 5.91 Å². The van der Waals surface area contributed by atoms with E-state index in [4.69, 9.17) is 13.9 Å². The summed E-state index contributed by atoms with van der Waals surface area (Å²) in [7, 11) is 0. The van der Waals surface area contributed by atoms with Crippen LogP contribution in [0.25, 0.3) is 28.4 Å². The van der Waals surface area contributed by atoms with Gasteiger partial charge in [0, 0.05) is 11.6 Å². The van der Waals surface area contributed by atoms with Gasteiger partial charge in [-0.05, 0) is 37.1 Å². The van der Waals surface area contributed by atoms with E-state index in [1.165, 1.54) is 17.3 Å². The maximum absolute atomic E-state index is 12.8. The minimum absolute atomic E-state index is 0.104. The van der Waals surface area contributed by atoms with Crippen LogP contribution in [0.5, 0.6) is 0 Å². The minimum Gasteiger partial charge on any atom is -0.469 e. The Morgan fingerprint density at radius 1 is 1.06 bits per heavy atom. The van der Waals surface area contributed by atoms with Crippen LogP contribution in [0.1, 0.15) is 18.2 Å². The van der Waals surface area contributed by atoms with Gasteiger partial charge in [-0.2, -0.15) is 5.10 Å². The molecule has 3 heterocycles. The van der Waals surface area contributed by atoms with Crippen LogP contribution in [0.3, 0.4) is 0 Å². The first-order chi connectivity index (χ1) is 17.1. The van der Waals surface area contributed by atoms with E-state index in [0.717, 1.165) is 28.9 Å². The van der Waals surface area contributed by atoms with Crippen LogP contribution in [0.2, 0.25) is 0 Å². The van der Waals surface area contributed by atoms with E-state index in [2.05, 4.69) is 34.6 Å². The van der Waals surface area contributed by atoms with Crippen LogP contribution in [0.15, 0.2) is 87.1 Å². The van der Waals surface area contributed by atoms with Crippen molar-refractivity contribution >= 4 is 23.5 Å². The Hall–Kier alpha value is -4.11. The molecular weight excluding hydrogens is 462 g/mol. The topological polar surface area (TPSA) is 99.0 Å². The average Bonchev–Trinajstić information content (AvgIpc) is 3.63. The largest absolute Gasteiger partial charge is 0.469 e. The number of hydrogen-bond acceptors (Lipinski definition) is 7. The minimum atomic E-state index is -0.209. The molecule has 1 amide bonds. The van der Waals surface area contributed by atoms with Crippen molar-refractivity contribution in [2.24, 2.45) is 0 Å². The highest BCUT2D eigenvalue weighted by Crippen LogP contribution is 2.28. The molecule has 1 N–H and O–H groups in total. The highest BCUT2D eigenvalue weighted by atomic mass is 32.2. The summed E-state index contributed by atoms with van der Waals surface area (Å²) < 4.78 is 12.7. The second-order valence-electron chi connectivity index (χ2n) is 7.81.